The lowest BCUT2D eigenvalue weighted by molar-refractivity contribution is -0.123. The Labute approximate surface area is 106 Å². The summed E-state index contributed by atoms with van der Waals surface area (Å²) in [5.74, 6) is 0.400. The Morgan fingerprint density at radius 1 is 1.38 bits per heavy atom. The highest BCUT2D eigenvalue weighted by molar-refractivity contribution is 8.17. The van der Waals surface area contributed by atoms with Gasteiger partial charge < -0.3 is 0 Å². The van der Waals surface area contributed by atoms with E-state index in [4.69, 9.17) is 0 Å². The summed E-state index contributed by atoms with van der Waals surface area (Å²) >= 11 is 2.49. The maximum Gasteiger partial charge on any atom is 0.299 e. The summed E-state index contributed by atoms with van der Waals surface area (Å²) in [4.78, 5) is 23.7. The highest BCUT2D eigenvalue weighted by Crippen LogP contribution is 2.39. The lowest BCUT2D eigenvalue weighted by Gasteiger charge is -2.23. The van der Waals surface area contributed by atoms with Crippen molar-refractivity contribution in [2.45, 2.75) is 51.0 Å². The van der Waals surface area contributed by atoms with Gasteiger partial charge in [0.25, 0.3) is 11.1 Å². The lowest BCUT2D eigenvalue weighted by Crippen LogP contribution is -2.30. The third-order valence-electron chi connectivity index (χ3n) is 1.94. The number of carbonyl (C=O) groups is 2. The molecule has 0 spiro atoms. The standard InChI is InChI=1S/C11H19NO2S2/c1-7(2)6-8-9(13)12(10(14)15-8)16-11(3,4)5/h7-8H,6H2,1-5H3. The largest absolute Gasteiger partial charge is 0.299 e. The monoisotopic (exact) mass is 261 g/mol. The van der Waals surface area contributed by atoms with Gasteiger partial charge in [-0.15, -0.1) is 0 Å². The second-order valence-corrected chi connectivity index (χ2v) is 8.26. The third-order valence-corrected chi connectivity index (χ3v) is 4.19. The van der Waals surface area contributed by atoms with Crippen LogP contribution in [0.3, 0.4) is 0 Å². The molecule has 1 saturated heterocycles. The number of hydrogen-bond acceptors (Lipinski definition) is 4. The fourth-order valence-electron chi connectivity index (χ4n) is 1.37. The lowest BCUT2D eigenvalue weighted by atomic mass is 10.1. The van der Waals surface area contributed by atoms with Crippen molar-refractivity contribution in [3.05, 3.63) is 0 Å². The molecule has 16 heavy (non-hydrogen) atoms. The van der Waals surface area contributed by atoms with Gasteiger partial charge in [0.2, 0.25) is 0 Å². The topological polar surface area (TPSA) is 37.4 Å². The number of imide groups is 1. The first kappa shape index (κ1) is 13.9. The fourth-order valence-corrected chi connectivity index (χ4v) is 3.64. The van der Waals surface area contributed by atoms with Crippen molar-refractivity contribution in [3.8, 4) is 0 Å². The number of amides is 2. The molecule has 1 atom stereocenters. The summed E-state index contributed by atoms with van der Waals surface area (Å²) < 4.78 is 1.22. The molecule has 1 unspecified atom stereocenters. The van der Waals surface area contributed by atoms with E-state index in [2.05, 4.69) is 13.8 Å². The minimum atomic E-state index is -0.178. The Morgan fingerprint density at radius 2 is 1.94 bits per heavy atom. The average Bonchev–Trinajstić information content (AvgIpc) is 2.29. The van der Waals surface area contributed by atoms with Crippen LogP contribution < -0.4 is 0 Å². The first-order chi connectivity index (χ1) is 7.20. The molecule has 0 bridgehead atoms. The molecular weight excluding hydrogens is 242 g/mol. The second-order valence-electron chi connectivity index (χ2n) is 5.34. The van der Waals surface area contributed by atoms with Crippen molar-refractivity contribution in [1.82, 2.24) is 4.31 Å². The van der Waals surface area contributed by atoms with Gasteiger partial charge in [0.05, 0.1) is 5.25 Å². The van der Waals surface area contributed by atoms with E-state index in [9.17, 15) is 9.59 Å². The molecule has 1 rings (SSSR count). The number of carbonyl (C=O) groups excluding carboxylic acids is 2. The minimum Gasteiger partial charge on any atom is -0.272 e. The van der Waals surface area contributed by atoms with Crippen molar-refractivity contribution in [2.24, 2.45) is 5.92 Å². The van der Waals surface area contributed by atoms with Crippen LogP contribution in [0.2, 0.25) is 0 Å². The van der Waals surface area contributed by atoms with Crippen molar-refractivity contribution < 1.29 is 9.59 Å². The second kappa shape index (κ2) is 5.00. The molecule has 0 radical (unpaired) electrons. The highest BCUT2D eigenvalue weighted by Gasteiger charge is 2.42. The van der Waals surface area contributed by atoms with Crippen molar-refractivity contribution >= 4 is 34.9 Å². The molecule has 0 aromatic rings. The first-order valence-electron chi connectivity index (χ1n) is 5.44. The predicted octanol–water partition coefficient (Wildman–Crippen LogP) is 3.54. The molecule has 5 heteroatoms. The van der Waals surface area contributed by atoms with Gasteiger partial charge in [0.1, 0.15) is 0 Å². The molecule has 0 aromatic heterocycles. The van der Waals surface area contributed by atoms with Gasteiger partial charge in [-0.05, 0) is 56.8 Å². The normalized spacial score (nSPS) is 22.4. The van der Waals surface area contributed by atoms with Crippen molar-refractivity contribution in [3.63, 3.8) is 0 Å². The summed E-state index contributed by atoms with van der Waals surface area (Å²) in [7, 11) is 0. The summed E-state index contributed by atoms with van der Waals surface area (Å²) in [5.41, 5.74) is 0. The zero-order valence-electron chi connectivity index (χ0n) is 10.4. The Bertz CT molecular complexity index is 297. The Morgan fingerprint density at radius 3 is 2.38 bits per heavy atom. The molecule has 1 aliphatic heterocycles. The molecule has 0 aromatic carbocycles. The van der Waals surface area contributed by atoms with Crippen LogP contribution in [-0.2, 0) is 4.79 Å². The minimum absolute atomic E-state index is 0.0383. The zero-order valence-corrected chi connectivity index (χ0v) is 12.1. The summed E-state index contributed by atoms with van der Waals surface area (Å²) in [5, 5.41) is -0.294. The van der Waals surface area contributed by atoms with Crippen molar-refractivity contribution in [1.29, 1.82) is 0 Å². The van der Waals surface area contributed by atoms with Crippen molar-refractivity contribution in [2.75, 3.05) is 0 Å². The molecule has 0 N–H and O–H groups in total. The van der Waals surface area contributed by atoms with Crippen LogP contribution in [0.4, 0.5) is 4.79 Å². The number of thioether (sulfide) groups is 1. The summed E-state index contributed by atoms with van der Waals surface area (Å²) in [6, 6.07) is 0. The first-order valence-corrected chi connectivity index (χ1v) is 7.09. The smallest absolute Gasteiger partial charge is 0.272 e. The van der Waals surface area contributed by atoms with E-state index < -0.39 is 0 Å². The zero-order chi connectivity index (χ0) is 12.5. The van der Waals surface area contributed by atoms with Crippen LogP contribution in [0.25, 0.3) is 0 Å². The van der Waals surface area contributed by atoms with E-state index in [0.717, 1.165) is 6.42 Å². The highest BCUT2D eigenvalue weighted by atomic mass is 32.2. The number of nitrogens with zero attached hydrogens (tertiary/aromatic N) is 1. The summed E-state index contributed by atoms with van der Waals surface area (Å²) in [6.45, 7) is 10.1. The predicted molar refractivity (Wildman–Crippen MR) is 70.4 cm³/mol. The third kappa shape index (κ3) is 3.70. The number of rotatable bonds is 3. The van der Waals surface area contributed by atoms with Gasteiger partial charge in [-0.1, -0.05) is 13.8 Å². The van der Waals surface area contributed by atoms with Gasteiger partial charge in [-0.25, -0.2) is 4.31 Å². The maximum atomic E-state index is 12.0. The van der Waals surface area contributed by atoms with Gasteiger partial charge in [0.15, 0.2) is 0 Å². The molecule has 1 fully saturated rings. The van der Waals surface area contributed by atoms with E-state index >= 15 is 0 Å². The molecular formula is C11H19NO2S2. The Hall–Kier alpha value is -0.160. The molecule has 3 nitrogen and oxygen atoms in total. The van der Waals surface area contributed by atoms with Crippen LogP contribution in [0.1, 0.15) is 41.0 Å². The maximum absolute atomic E-state index is 12.0. The number of hydrogen-bond donors (Lipinski definition) is 0. The van der Waals surface area contributed by atoms with E-state index in [1.165, 1.54) is 28.0 Å². The van der Waals surface area contributed by atoms with Crippen LogP contribution in [0, 0.1) is 5.92 Å². The SMILES string of the molecule is CC(C)CC1SC(=O)N(SC(C)(C)C)C1=O. The van der Waals surface area contributed by atoms with Crippen LogP contribution in [0.5, 0.6) is 0 Å². The molecule has 92 valence electrons. The fraction of sp³-hybridized carbons (Fsp3) is 0.818. The molecule has 0 aliphatic carbocycles. The Balaban J connectivity index is 2.68. The molecule has 0 saturated carbocycles. The van der Waals surface area contributed by atoms with Crippen LogP contribution in [0.15, 0.2) is 0 Å². The Kier molecular flexibility index (Phi) is 4.35. The summed E-state index contributed by atoms with van der Waals surface area (Å²) in [6.07, 6.45) is 0.774. The van der Waals surface area contributed by atoms with Crippen LogP contribution in [-0.4, -0.2) is 25.4 Å². The van der Waals surface area contributed by atoms with Gasteiger partial charge >= 0.3 is 0 Å². The van der Waals surface area contributed by atoms with E-state index in [1.54, 1.807) is 0 Å². The quantitative estimate of drug-likeness (QED) is 0.728. The average molecular weight is 261 g/mol. The molecule has 2 amide bonds. The van der Waals surface area contributed by atoms with Gasteiger partial charge in [-0.3, -0.25) is 9.59 Å². The van der Waals surface area contributed by atoms with Gasteiger partial charge in [-0.2, -0.15) is 0 Å². The van der Waals surface area contributed by atoms with E-state index in [-0.39, 0.29) is 21.1 Å². The van der Waals surface area contributed by atoms with E-state index in [0.29, 0.717) is 5.92 Å². The van der Waals surface area contributed by atoms with Gasteiger partial charge in [0, 0.05) is 4.75 Å². The van der Waals surface area contributed by atoms with Crippen LogP contribution >= 0.6 is 23.7 Å². The molecule has 1 heterocycles. The van der Waals surface area contributed by atoms with E-state index in [1.807, 2.05) is 20.8 Å². The molecule has 1 aliphatic rings.